The Balaban J connectivity index is 3.06. The fourth-order valence-electron chi connectivity index (χ4n) is 1.78. The molecule has 0 aliphatic rings. The van der Waals surface area contributed by atoms with Crippen LogP contribution >= 0.6 is 0 Å². The predicted molar refractivity (Wildman–Crippen MR) is 78.5 cm³/mol. The lowest BCUT2D eigenvalue weighted by Crippen LogP contribution is -2.17. The monoisotopic (exact) mass is 301 g/mol. The zero-order valence-electron chi connectivity index (χ0n) is 12.5. The summed E-state index contributed by atoms with van der Waals surface area (Å²) >= 11 is 0. The number of sulfonamides is 1. The van der Waals surface area contributed by atoms with Crippen LogP contribution in [0.4, 0.5) is 0 Å². The molecule has 1 aromatic carbocycles. The average Bonchev–Trinajstić information content (AvgIpc) is 2.32. The van der Waals surface area contributed by atoms with Gasteiger partial charge in [0.1, 0.15) is 5.75 Å². The number of primary sulfonamides is 1. The lowest BCUT2D eigenvalue weighted by Gasteiger charge is -2.23. The van der Waals surface area contributed by atoms with E-state index in [0.717, 1.165) is 12.0 Å². The number of methoxy groups -OCH3 is 1. The number of nitrogens with two attached hydrogens (primary N) is 1. The molecule has 0 heterocycles. The quantitative estimate of drug-likeness (QED) is 0.816. The molecule has 0 spiro atoms. The van der Waals surface area contributed by atoms with Gasteiger partial charge in [-0.05, 0) is 23.6 Å². The first-order chi connectivity index (χ1) is 9.16. The smallest absolute Gasteiger partial charge is 0.238 e. The fraction of sp³-hybridized carbons (Fsp3) is 0.571. The summed E-state index contributed by atoms with van der Waals surface area (Å²) in [6.07, 6.45) is 0.775. The molecule has 0 fully saturated rings. The van der Waals surface area contributed by atoms with Crippen molar-refractivity contribution in [2.24, 2.45) is 5.14 Å². The second kappa shape index (κ2) is 6.56. The van der Waals surface area contributed by atoms with Crippen molar-refractivity contribution >= 4 is 10.0 Å². The maximum Gasteiger partial charge on any atom is 0.238 e. The topological polar surface area (TPSA) is 78.6 Å². The Labute approximate surface area is 121 Å². The van der Waals surface area contributed by atoms with Gasteiger partial charge in [-0.1, -0.05) is 20.8 Å². The average molecular weight is 301 g/mol. The van der Waals surface area contributed by atoms with E-state index in [-0.39, 0.29) is 10.3 Å². The lowest BCUT2D eigenvalue weighted by atomic mass is 9.86. The zero-order valence-corrected chi connectivity index (χ0v) is 13.3. The van der Waals surface area contributed by atoms with Crippen molar-refractivity contribution in [1.82, 2.24) is 0 Å². The Morgan fingerprint density at radius 2 is 1.85 bits per heavy atom. The summed E-state index contributed by atoms with van der Waals surface area (Å²) in [7, 11) is -2.07. The Hall–Kier alpha value is -1.11. The minimum absolute atomic E-state index is 0.103. The number of hydrogen-bond acceptors (Lipinski definition) is 4. The van der Waals surface area contributed by atoms with E-state index in [9.17, 15) is 8.42 Å². The lowest BCUT2D eigenvalue weighted by molar-refractivity contribution is 0.171. The van der Waals surface area contributed by atoms with Gasteiger partial charge in [0, 0.05) is 25.7 Å². The van der Waals surface area contributed by atoms with E-state index < -0.39 is 10.0 Å². The third-order valence-corrected chi connectivity index (χ3v) is 3.75. The van der Waals surface area contributed by atoms with Crippen LogP contribution in [0, 0.1) is 0 Å². The van der Waals surface area contributed by atoms with E-state index in [1.54, 1.807) is 19.2 Å². The predicted octanol–water partition coefficient (Wildman–Crippen LogP) is 2.05. The zero-order chi connectivity index (χ0) is 15.4. The fourth-order valence-corrected chi connectivity index (χ4v) is 2.32. The van der Waals surface area contributed by atoms with Crippen molar-refractivity contribution in [2.75, 3.05) is 20.3 Å². The van der Waals surface area contributed by atoms with Crippen molar-refractivity contribution in [1.29, 1.82) is 0 Å². The van der Waals surface area contributed by atoms with Crippen molar-refractivity contribution < 1.29 is 17.9 Å². The van der Waals surface area contributed by atoms with Gasteiger partial charge in [0.05, 0.1) is 11.5 Å². The highest BCUT2D eigenvalue weighted by Gasteiger charge is 2.22. The van der Waals surface area contributed by atoms with Crippen molar-refractivity contribution in [2.45, 2.75) is 37.5 Å². The summed E-state index contributed by atoms with van der Waals surface area (Å²) in [6, 6.07) is 4.71. The van der Waals surface area contributed by atoms with Gasteiger partial charge in [0.15, 0.2) is 0 Å². The Kier molecular flexibility index (Phi) is 5.56. The van der Waals surface area contributed by atoms with Crippen molar-refractivity contribution in [3.63, 3.8) is 0 Å². The van der Waals surface area contributed by atoms with Crippen LogP contribution in [0.3, 0.4) is 0 Å². The molecular weight excluding hydrogens is 278 g/mol. The normalized spacial score (nSPS) is 12.4. The summed E-state index contributed by atoms with van der Waals surface area (Å²) in [6.45, 7) is 7.14. The van der Waals surface area contributed by atoms with Gasteiger partial charge >= 0.3 is 0 Å². The SMILES string of the molecule is COCCCOc1ccc(S(N)(=O)=O)cc1C(C)(C)C. The molecule has 0 saturated carbocycles. The van der Waals surface area contributed by atoms with E-state index in [1.165, 1.54) is 6.07 Å². The van der Waals surface area contributed by atoms with Gasteiger partial charge in [-0.3, -0.25) is 0 Å². The molecule has 0 aliphatic heterocycles. The Morgan fingerprint density at radius 1 is 1.20 bits per heavy atom. The van der Waals surface area contributed by atoms with Crippen molar-refractivity contribution in [3.05, 3.63) is 23.8 Å². The second-order valence-corrected chi connectivity index (χ2v) is 7.21. The Morgan fingerprint density at radius 3 is 2.35 bits per heavy atom. The minimum atomic E-state index is -3.71. The molecule has 0 amide bonds. The van der Waals surface area contributed by atoms with E-state index in [4.69, 9.17) is 14.6 Å². The summed E-state index contributed by atoms with van der Waals surface area (Å²) in [5.74, 6) is 0.681. The number of rotatable bonds is 6. The highest BCUT2D eigenvalue weighted by atomic mass is 32.2. The molecule has 0 bridgehead atoms. The second-order valence-electron chi connectivity index (χ2n) is 5.65. The van der Waals surface area contributed by atoms with E-state index in [0.29, 0.717) is 19.0 Å². The molecule has 0 aliphatic carbocycles. The van der Waals surface area contributed by atoms with Gasteiger partial charge in [0.2, 0.25) is 10.0 Å². The summed E-state index contributed by atoms with van der Waals surface area (Å²) in [5, 5.41) is 5.17. The van der Waals surface area contributed by atoms with Gasteiger partial charge in [-0.15, -0.1) is 0 Å². The highest BCUT2D eigenvalue weighted by Crippen LogP contribution is 2.33. The van der Waals surface area contributed by atoms with Crippen LogP contribution in [0.5, 0.6) is 5.75 Å². The first-order valence-corrected chi connectivity index (χ1v) is 8.00. The first-order valence-electron chi connectivity index (χ1n) is 6.45. The molecule has 1 rings (SSSR count). The molecule has 114 valence electrons. The molecule has 20 heavy (non-hydrogen) atoms. The molecular formula is C14H23NO4S. The van der Waals surface area contributed by atoms with Gasteiger partial charge in [-0.25, -0.2) is 13.6 Å². The molecule has 5 nitrogen and oxygen atoms in total. The Bertz CT molecular complexity index is 547. The van der Waals surface area contributed by atoms with E-state index >= 15 is 0 Å². The number of ether oxygens (including phenoxy) is 2. The van der Waals surface area contributed by atoms with Crippen LogP contribution in [0.1, 0.15) is 32.8 Å². The van der Waals surface area contributed by atoms with Gasteiger partial charge < -0.3 is 9.47 Å². The summed E-state index contributed by atoms with van der Waals surface area (Å²) < 4.78 is 33.6. The summed E-state index contributed by atoms with van der Waals surface area (Å²) in [5.41, 5.74) is 0.582. The van der Waals surface area contributed by atoms with Crippen LogP contribution in [0.25, 0.3) is 0 Å². The van der Waals surface area contributed by atoms with Crippen LogP contribution in [0.15, 0.2) is 23.1 Å². The van der Waals surface area contributed by atoms with Crippen LogP contribution in [-0.2, 0) is 20.2 Å². The van der Waals surface area contributed by atoms with E-state index in [1.807, 2.05) is 20.8 Å². The molecule has 0 unspecified atom stereocenters. The minimum Gasteiger partial charge on any atom is -0.493 e. The van der Waals surface area contributed by atoms with Crippen molar-refractivity contribution in [3.8, 4) is 5.75 Å². The van der Waals surface area contributed by atoms with Crippen LogP contribution in [0.2, 0.25) is 0 Å². The summed E-state index contributed by atoms with van der Waals surface area (Å²) in [4.78, 5) is 0.103. The number of hydrogen-bond donors (Lipinski definition) is 1. The largest absolute Gasteiger partial charge is 0.493 e. The third-order valence-electron chi connectivity index (χ3n) is 2.84. The maximum absolute atomic E-state index is 11.4. The van der Waals surface area contributed by atoms with Crippen LogP contribution < -0.4 is 9.88 Å². The number of benzene rings is 1. The molecule has 1 aromatic rings. The first kappa shape index (κ1) is 16.9. The van der Waals surface area contributed by atoms with Gasteiger partial charge in [0.25, 0.3) is 0 Å². The third kappa shape index (κ3) is 4.77. The molecule has 0 aromatic heterocycles. The van der Waals surface area contributed by atoms with E-state index in [2.05, 4.69) is 0 Å². The highest BCUT2D eigenvalue weighted by molar-refractivity contribution is 7.89. The van der Waals surface area contributed by atoms with Gasteiger partial charge in [-0.2, -0.15) is 0 Å². The molecule has 0 atom stereocenters. The maximum atomic E-state index is 11.4. The van der Waals surface area contributed by atoms with Crippen LogP contribution in [-0.4, -0.2) is 28.7 Å². The standard InChI is InChI=1S/C14H23NO4S/c1-14(2,3)12-10-11(20(15,16)17)6-7-13(12)19-9-5-8-18-4/h6-7,10H,5,8-9H2,1-4H3,(H2,15,16,17). The molecule has 0 saturated heterocycles. The molecule has 2 N–H and O–H groups in total. The molecule has 0 radical (unpaired) electrons. The molecule has 6 heteroatoms.